The predicted octanol–water partition coefficient (Wildman–Crippen LogP) is 0.707. The van der Waals surface area contributed by atoms with Crippen molar-refractivity contribution in [3.05, 3.63) is 47.5 Å². The molecule has 0 fully saturated rings. The Morgan fingerprint density at radius 2 is 1.16 bits per heavy atom. The molecule has 0 amide bonds. The van der Waals surface area contributed by atoms with Gasteiger partial charge in [-0.3, -0.25) is 0 Å². The summed E-state index contributed by atoms with van der Waals surface area (Å²) in [5.41, 5.74) is -2.31. The zero-order valence-electron chi connectivity index (χ0n) is 14.4. The highest BCUT2D eigenvalue weighted by molar-refractivity contribution is 5.82. The number of ether oxygens (including phenoxy) is 4. The van der Waals surface area contributed by atoms with E-state index in [4.69, 9.17) is 18.9 Å². The van der Waals surface area contributed by atoms with Gasteiger partial charge in [-0.1, -0.05) is 12.1 Å². The van der Waals surface area contributed by atoms with Crippen molar-refractivity contribution in [3.8, 4) is 23.0 Å². The number of carbonyl (C=O) groups excluding carboxylic acids is 1. The highest BCUT2D eigenvalue weighted by atomic mass is 16.5. The van der Waals surface area contributed by atoms with Crippen LogP contribution in [0.2, 0.25) is 0 Å². The Hall–Kier alpha value is -2.93. The summed E-state index contributed by atoms with van der Waals surface area (Å²) in [4.78, 5) is 11.8. The van der Waals surface area contributed by atoms with E-state index in [-0.39, 0.29) is 22.6 Å². The summed E-state index contributed by atoms with van der Waals surface area (Å²) < 4.78 is 20.6. The lowest BCUT2D eigenvalue weighted by atomic mass is 9.86. The van der Waals surface area contributed by atoms with Gasteiger partial charge in [-0.25, -0.2) is 0 Å². The van der Waals surface area contributed by atoms with Crippen molar-refractivity contribution in [2.75, 3.05) is 28.4 Å². The van der Waals surface area contributed by atoms with E-state index in [1.165, 1.54) is 64.8 Å². The third-order valence-electron chi connectivity index (χ3n) is 3.90. The number of aliphatic carboxylic acids is 1. The Morgan fingerprint density at radius 1 is 0.800 bits per heavy atom. The average molecular weight is 347 g/mol. The van der Waals surface area contributed by atoms with Gasteiger partial charge in [0.1, 0.15) is 0 Å². The van der Waals surface area contributed by atoms with E-state index in [0.717, 1.165) is 0 Å². The van der Waals surface area contributed by atoms with Crippen LogP contribution in [0.4, 0.5) is 0 Å². The van der Waals surface area contributed by atoms with Crippen LogP contribution in [0.1, 0.15) is 11.1 Å². The zero-order valence-corrected chi connectivity index (χ0v) is 14.4. The van der Waals surface area contributed by atoms with Crippen LogP contribution in [0.25, 0.3) is 0 Å². The molecule has 2 rings (SSSR count). The minimum Gasteiger partial charge on any atom is -0.546 e. The largest absolute Gasteiger partial charge is 0.546 e. The maximum absolute atomic E-state index is 11.8. The molecule has 0 aliphatic carbocycles. The zero-order chi connectivity index (χ0) is 18.6. The fraction of sp³-hybridized carbons (Fsp3) is 0.278. The Balaban J connectivity index is 2.65. The first kappa shape index (κ1) is 18.4. The molecule has 7 nitrogen and oxygen atoms in total. The molecule has 0 bridgehead atoms. The number of carboxylic acids is 1. The van der Waals surface area contributed by atoms with Gasteiger partial charge in [0, 0.05) is 0 Å². The molecule has 0 radical (unpaired) electrons. The topological polar surface area (TPSA) is 97.3 Å². The summed E-state index contributed by atoms with van der Waals surface area (Å²) in [5, 5.41) is 22.8. The second-order valence-corrected chi connectivity index (χ2v) is 5.14. The van der Waals surface area contributed by atoms with Crippen molar-refractivity contribution in [2.24, 2.45) is 0 Å². The molecule has 25 heavy (non-hydrogen) atoms. The van der Waals surface area contributed by atoms with Crippen LogP contribution in [0.15, 0.2) is 36.4 Å². The van der Waals surface area contributed by atoms with Gasteiger partial charge in [0.2, 0.25) is 0 Å². The number of rotatable bonds is 7. The molecule has 0 saturated heterocycles. The Kier molecular flexibility index (Phi) is 5.38. The first-order valence-electron chi connectivity index (χ1n) is 7.31. The van der Waals surface area contributed by atoms with Crippen molar-refractivity contribution in [3.63, 3.8) is 0 Å². The number of aliphatic hydroxyl groups is 1. The molecule has 2 aromatic carbocycles. The summed E-state index contributed by atoms with van der Waals surface area (Å²) in [6.45, 7) is 0. The Morgan fingerprint density at radius 3 is 1.44 bits per heavy atom. The predicted molar refractivity (Wildman–Crippen MR) is 87.1 cm³/mol. The van der Waals surface area contributed by atoms with Crippen LogP contribution in [-0.4, -0.2) is 39.5 Å². The van der Waals surface area contributed by atoms with Crippen LogP contribution < -0.4 is 24.1 Å². The third-order valence-corrected chi connectivity index (χ3v) is 3.90. The van der Waals surface area contributed by atoms with E-state index in [1.54, 1.807) is 0 Å². The smallest absolute Gasteiger partial charge is 0.161 e. The SMILES string of the molecule is COc1ccc(C(O)(C(=O)[O-])c2ccc(OC)c(OC)c2)cc1OC. The molecule has 2 aromatic rings. The maximum Gasteiger partial charge on any atom is 0.161 e. The second kappa shape index (κ2) is 7.31. The van der Waals surface area contributed by atoms with Gasteiger partial charge in [0.15, 0.2) is 28.6 Å². The molecule has 0 aliphatic heterocycles. The van der Waals surface area contributed by atoms with E-state index >= 15 is 0 Å². The molecular formula is C18H19O7-. The summed E-state index contributed by atoms with van der Waals surface area (Å²) >= 11 is 0. The van der Waals surface area contributed by atoms with E-state index in [1.807, 2.05) is 0 Å². The molecule has 1 N–H and O–H groups in total. The highest BCUT2D eigenvalue weighted by Gasteiger charge is 2.35. The molecule has 0 aromatic heterocycles. The van der Waals surface area contributed by atoms with Gasteiger partial charge in [-0.2, -0.15) is 0 Å². The first-order chi connectivity index (χ1) is 11.9. The lowest BCUT2D eigenvalue weighted by Crippen LogP contribution is -2.46. The van der Waals surface area contributed by atoms with Gasteiger partial charge in [0.25, 0.3) is 0 Å². The Bertz CT molecular complexity index is 715. The quantitative estimate of drug-likeness (QED) is 0.787. The van der Waals surface area contributed by atoms with Crippen LogP contribution in [0, 0.1) is 0 Å². The highest BCUT2D eigenvalue weighted by Crippen LogP contribution is 2.38. The van der Waals surface area contributed by atoms with Crippen molar-refractivity contribution >= 4 is 5.97 Å². The van der Waals surface area contributed by atoms with Gasteiger partial charge in [-0.15, -0.1) is 0 Å². The molecule has 0 saturated carbocycles. The Labute approximate surface area is 145 Å². The number of carboxylic acid groups (broad SMARTS) is 1. The van der Waals surface area contributed by atoms with Gasteiger partial charge in [0.05, 0.1) is 34.4 Å². The van der Waals surface area contributed by atoms with Gasteiger partial charge in [-0.05, 0) is 35.4 Å². The standard InChI is InChI=1S/C18H20O7/c1-22-13-7-5-11(9-15(13)24-3)18(21,17(19)20)12-6-8-14(23-2)16(10-12)25-4/h5-10,21H,1-4H3,(H,19,20)/p-1. The van der Waals surface area contributed by atoms with E-state index in [2.05, 4.69) is 0 Å². The molecule has 7 heteroatoms. The summed E-state index contributed by atoms with van der Waals surface area (Å²) in [5.74, 6) is -0.328. The number of benzene rings is 2. The van der Waals surface area contributed by atoms with E-state index in [0.29, 0.717) is 11.5 Å². The number of hydrogen-bond donors (Lipinski definition) is 1. The van der Waals surface area contributed by atoms with Crippen molar-refractivity contribution in [1.82, 2.24) is 0 Å². The minimum atomic E-state index is -2.42. The summed E-state index contributed by atoms with van der Waals surface area (Å²) in [7, 11) is 5.74. The normalized spacial score (nSPS) is 10.9. The molecular weight excluding hydrogens is 328 g/mol. The number of methoxy groups -OCH3 is 4. The lowest BCUT2D eigenvalue weighted by Gasteiger charge is -2.31. The summed E-state index contributed by atoms with van der Waals surface area (Å²) in [6.07, 6.45) is 0. The molecule has 134 valence electrons. The van der Waals surface area contributed by atoms with E-state index in [9.17, 15) is 15.0 Å². The molecule has 0 aliphatic rings. The van der Waals surface area contributed by atoms with Crippen molar-refractivity contribution < 1.29 is 34.0 Å². The maximum atomic E-state index is 11.8. The number of hydrogen-bond acceptors (Lipinski definition) is 7. The van der Waals surface area contributed by atoms with Crippen molar-refractivity contribution in [1.29, 1.82) is 0 Å². The summed E-state index contributed by atoms with van der Waals surface area (Å²) in [6, 6.07) is 8.62. The van der Waals surface area contributed by atoms with Crippen molar-refractivity contribution in [2.45, 2.75) is 5.60 Å². The van der Waals surface area contributed by atoms with Crippen LogP contribution >= 0.6 is 0 Å². The molecule has 0 heterocycles. The second-order valence-electron chi connectivity index (χ2n) is 5.14. The fourth-order valence-corrected chi connectivity index (χ4v) is 2.52. The van der Waals surface area contributed by atoms with Gasteiger partial charge < -0.3 is 34.0 Å². The first-order valence-corrected chi connectivity index (χ1v) is 7.31. The van der Waals surface area contributed by atoms with Crippen LogP contribution in [0.5, 0.6) is 23.0 Å². The third kappa shape index (κ3) is 3.18. The molecule has 0 atom stereocenters. The minimum absolute atomic E-state index is 0.0531. The fourth-order valence-electron chi connectivity index (χ4n) is 2.52. The molecule has 0 spiro atoms. The average Bonchev–Trinajstić information content (AvgIpc) is 2.65. The number of carbonyl (C=O) groups is 1. The lowest BCUT2D eigenvalue weighted by molar-refractivity contribution is -0.322. The van der Waals surface area contributed by atoms with Crippen LogP contribution in [0.3, 0.4) is 0 Å². The van der Waals surface area contributed by atoms with E-state index < -0.39 is 11.6 Å². The molecule has 0 unspecified atom stereocenters. The van der Waals surface area contributed by atoms with Crippen LogP contribution in [-0.2, 0) is 10.4 Å². The monoisotopic (exact) mass is 347 g/mol. The van der Waals surface area contributed by atoms with Gasteiger partial charge >= 0.3 is 0 Å².